The Hall–Kier alpha value is -6.33. The van der Waals surface area contributed by atoms with Crippen LogP contribution in [0, 0.1) is 0 Å². The van der Waals surface area contributed by atoms with Gasteiger partial charge in [-0.3, -0.25) is 4.98 Å². The van der Waals surface area contributed by atoms with Crippen LogP contribution in [-0.2, 0) is 0 Å². The van der Waals surface area contributed by atoms with Gasteiger partial charge in [0.25, 0.3) is 0 Å². The maximum atomic E-state index is 5.28. The first-order chi connectivity index (χ1) is 22.8. The van der Waals surface area contributed by atoms with Crippen LogP contribution in [0.5, 0.6) is 0 Å². The standard InChI is InChI=1S/C41H25N5/c1-2-12-29-26(10-1)11-9-16-31(29)40-33-15-5-6-17-34(33)45-41(46-40)32-14-4-3-13-30(32)35-23-21-27-19-20-28-22-24-37(36-18-7-8-25-42-36)44-39(28)38(27)43-35/h1-25H. The van der Waals surface area contributed by atoms with Crippen LogP contribution in [0.15, 0.2) is 152 Å². The van der Waals surface area contributed by atoms with E-state index in [1.165, 1.54) is 5.39 Å². The number of aromatic nitrogens is 5. The van der Waals surface area contributed by atoms with E-state index in [2.05, 4.69) is 102 Å². The molecule has 0 saturated heterocycles. The summed E-state index contributed by atoms with van der Waals surface area (Å²) in [5, 5.41) is 5.42. The lowest BCUT2D eigenvalue weighted by atomic mass is 9.98. The number of hydrogen-bond acceptors (Lipinski definition) is 5. The van der Waals surface area contributed by atoms with Crippen molar-refractivity contribution in [1.29, 1.82) is 0 Å². The summed E-state index contributed by atoms with van der Waals surface area (Å²) >= 11 is 0. The van der Waals surface area contributed by atoms with Gasteiger partial charge in [-0.25, -0.2) is 19.9 Å². The molecule has 9 aromatic rings. The fourth-order valence-electron chi connectivity index (χ4n) is 6.31. The van der Waals surface area contributed by atoms with Gasteiger partial charge < -0.3 is 0 Å². The van der Waals surface area contributed by atoms with Gasteiger partial charge in [-0.05, 0) is 41.1 Å². The van der Waals surface area contributed by atoms with Crippen LogP contribution >= 0.6 is 0 Å². The first-order valence-electron chi connectivity index (χ1n) is 15.3. The average molecular weight is 588 g/mol. The molecule has 0 aliphatic carbocycles. The van der Waals surface area contributed by atoms with E-state index in [1.54, 1.807) is 6.20 Å². The van der Waals surface area contributed by atoms with Gasteiger partial charge in [-0.1, -0.05) is 115 Å². The van der Waals surface area contributed by atoms with Crippen LogP contribution < -0.4 is 0 Å². The second-order valence-corrected chi connectivity index (χ2v) is 11.3. The molecule has 0 unspecified atom stereocenters. The van der Waals surface area contributed by atoms with E-state index < -0.39 is 0 Å². The lowest BCUT2D eigenvalue weighted by Crippen LogP contribution is -1.98. The first kappa shape index (κ1) is 26.1. The highest BCUT2D eigenvalue weighted by molar-refractivity contribution is 6.05. The van der Waals surface area contributed by atoms with Crippen molar-refractivity contribution in [2.45, 2.75) is 0 Å². The molecule has 0 N–H and O–H groups in total. The third-order valence-corrected chi connectivity index (χ3v) is 8.54. The topological polar surface area (TPSA) is 64.5 Å². The second kappa shape index (κ2) is 10.7. The largest absolute Gasteiger partial charge is 0.255 e. The molecule has 46 heavy (non-hydrogen) atoms. The zero-order chi connectivity index (χ0) is 30.5. The fourth-order valence-corrected chi connectivity index (χ4v) is 6.31. The number of rotatable bonds is 4. The fraction of sp³-hybridized carbons (Fsp3) is 0. The van der Waals surface area contributed by atoms with Gasteiger partial charge in [-0.15, -0.1) is 0 Å². The highest BCUT2D eigenvalue weighted by Crippen LogP contribution is 2.37. The minimum Gasteiger partial charge on any atom is -0.255 e. The van der Waals surface area contributed by atoms with E-state index in [4.69, 9.17) is 19.9 Å². The van der Waals surface area contributed by atoms with E-state index in [1.807, 2.05) is 48.5 Å². The second-order valence-electron chi connectivity index (χ2n) is 11.3. The van der Waals surface area contributed by atoms with Crippen molar-refractivity contribution in [2.24, 2.45) is 0 Å². The normalized spacial score (nSPS) is 11.5. The zero-order valence-electron chi connectivity index (χ0n) is 24.7. The Kier molecular flexibility index (Phi) is 6.06. The van der Waals surface area contributed by atoms with E-state index in [0.717, 1.165) is 77.6 Å². The van der Waals surface area contributed by atoms with Crippen LogP contribution in [-0.4, -0.2) is 24.9 Å². The van der Waals surface area contributed by atoms with Gasteiger partial charge in [0.1, 0.15) is 0 Å². The number of pyridine rings is 3. The maximum Gasteiger partial charge on any atom is 0.161 e. The molecule has 5 aromatic carbocycles. The molecule has 4 heterocycles. The predicted molar refractivity (Wildman–Crippen MR) is 187 cm³/mol. The Labute approximate surface area is 264 Å². The van der Waals surface area contributed by atoms with Gasteiger partial charge >= 0.3 is 0 Å². The monoisotopic (exact) mass is 587 g/mol. The molecule has 0 aliphatic heterocycles. The van der Waals surface area contributed by atoms with Crippen molar-refractivity contribution >= 4 is 43.5 Å². The molecule has 0 amide bonds. The number of benzene rings is 5. The van der Waals surface area contributed by atoms with Crippen LogP contribution in [0.25, 0.3) is 88.8 Å². The Balaban J connectivity index is 1.25. The Morgan fingerprint density at radius 1 is 0.348 bits per heavy atom. The Morgan fingerprint density at radius 2 is 0.978 bits per heavy atom. The molecule has 5 heteroatoms. The number of nitrogens with zero attached hydrogens (tertiary/aromatic N) is 5. The summed E-state index contributed by atoms with van der Waals surface area (Å²) in [5.41, 5.74) is 8.95. The molecule has 0 atom stereocenters. The molecular formula is C41H25N5. The van der Waals surface area contributed by atoms with E-state index in [-0.39, 0.29) is 0 Å². The molecule has 5 nitrogen and oxygen atoms in total. The van der Waals surface area contributed by atoms with Crippen LogP contribution in [0.4, 0.5) is 0 Å². The Morgan fingerprint density at radius 3 is 1.80 bits per heavy atom. The smallest absolute Gasteiger partial charge is 0.161 e. The van der Waals surface area contributed by atoms with Crippen molar-refractivity contribution in [3.63, 3.8) is 0 Å². The molecule has 0 saturated carbocycles. The summed E-state index contributed by atoms with van der Waals surface area (Å²) in [7, 11) is 0. The van der Waals surface area contributed by atoms with E-state index >= 15 is 0 Å². The maximum absolute atomic E-state index is 5.28. The third kappa shape index (κ3) is 4.37. The van der Waals surface area contributed by atoms with Crippen molar-refractivity contribution in [1.82, 2.24) is 24.9 Å². The zero-order valence-corrected chi connectivity index (χ0v) is 24.7. The van der Waals surface area contributed by atoms with Crippen molar-refractivity contribution in [3.8, 4) is 45.3 Å². The lowest BCUT2D eigenvalue weighted by Gasteiger charge is -2.14. The van der Waals surface area contributed by atoms with Gasteiger partial charge in [0.15, 0.2) is 5.82 Å². The SMILES string of the molecule is c1ccc(-c2ccc3ccc4ccc(-c5ccccc5-c5nc(-c6cccc7ccccc67)c6ccccc6n5)nc4c3n2)nc1. The third-order valence-electron chi connectivity index (χ3n) is 8.54. The summed E-state index contributed by atoms with van der Waals surface area (Å²) in [6.07, 6.45) is 1.79. The summed E-state index contributed by atoms with van der Waals surface area (Å²) in [5.74, 6) is 0.660. The molecule has 214 valence electrons. The van der Waals surface area contributed by atoms with E-state index in [9.17, 15) is 0 Å². The molecule has 0 aliphatic rings. The molecule has 0 bridgehead atoms. The van der Waals surface area contributed by atoms with Crippen molar-refractivity contribution in [2.75, 3.05) is 0 Å². The van der Waals surface area contributed by atoms with Crippen LogP contribution in [0.2, 0.25) is 0 Å². The molecule has 0 spiro atoms. The lowest BCUT2D eigenvalue weighted by molar-refractivity contribution is 1.23. The minimum absolute atomic E-state index is 0.660. The van der Waals surface area contributed by atoms with Gasteiger partial charge in [-0.2, -0.15) is 0 Å². The highest BCUT2D eigenvalue weighted by atomic mass is 14.9. The molecular weight excluding hydrogens is 562 g/mol. The summed E-state index contributed by atoms with van der Waals surface area (Å²) in [6.45, 7) is 0. The summed E-state index contributed by atoms with van der Waals surface area (Å²) in [4.78, 5) is 25.2. The highest BCUT2D eigenvalue weighted by Gasteiger charge is 2.17. The first-order valence-corrected chi connectivity index (χ1v) is 15.3. The van der Waals surface area contributed by atoms with Crippen molar-refractivity contribution < 1.29 is 0 Å². The molecule has 9 rings (SSSR count). The van der Waals surface area contributed by atoms with E-state index in [0.29, 0.717) is 5.82 Å². The quantitative estimate of drug-likeness (QED) is 0.192. The van der Waals surface area contributed by atoms with Gasteiger partial charge in [0.05, 0.1) is 39.3 Å². The van der Waals surface area contributed by atoms with Crippen LogP contribution in [0.3, 0.4) is 0 Å². The number of fused-ring (bicyclic) bond motifs is 5. The molecule has 0 radical (unpaired) electrons. The molecule has 4 aromatic heterocycles. The van der Waals surface area contributed by atoms with Gasteiger partial charge in [0.2, 0.25) is 0 Å². The number of para-hydroxylation sites is 1. The predicted octanol–water partition coefficient (Wildman–Crippen LogP) is 9.94. The summed E-state index contributed by atoms with van der Waals surface area (Å²) < 4.78 is 0. The number of hydrogen-bond donors (Lipinski definition) is 0. The van der Waals surface area contributed by atoms with Gasteiger partial charge in [0, 0.05) is 39.0 Å². The Bertz CT molecular complexity index is 2590. The van der Waals surface area contributed by atoms with Crippen LogP contribution in [0.1, 0.15) is 0 Å². The summed E-state index contributed by atoms with van der Waals surface area (Å²) in [6, 6.07) is 49.7. The average Bonchev–Trinajstić information content (AvgIpc) is 3.14. The van der Waals surface area contributed by atoms with Crippen molar-refractivity contribution in [3.05, 3.63) is 152 Å². The molecule has 0 fully saturated rings. The minimum atomic E-state index is 0.660.